The molecule has 9 heavy (non-hydrogen) atoms. The van der Waals surface area contributed by atoms with E-state index in [1.807, 2.05) is 0 Å². The average Bonchev–Trinajstić information content (AvgIpc) is 1.80. The van der Waals surface area contributed by atoms with Gasteiger partial charge in [0.05, 0.1) is 0 Å². The molecule has 0 heterocycles. The summed E-state index contributed by atoms with van der Waals surface area (Å²) in [6.07, 6.45) is 1.03. The van der Waals surface area contributed by atoms with Crippen LogP contribution in [0.3, 0.4) is 0 Å². The molecule has 1 amide bonds. The van der Waals surface area contributed by atoms with Gasteiger partial charge in [0.1, 0.15) is 6.07 Å². The molecule has 0 aliphatic carbocycles. The second-order valence-corrected chi connectivity index (χ2v) is 1.81. The van der Waals surface area contributed by atoms with E-state index in [0.29, 0.717) is 19.4 Å². The number of primary amides is 1. The first kappa shape index (κ1) is 8.72. The molecule has 0 saturated carbocycles. The fraction of sp³-hybridized carbons (Fsp3) is 0.800. The van der Waals surface area contributed by atoms with Crippen molar-refractivity contribution in [2.75, 3.05) is 12.7 Å². The van der Waals surface area contributed by atoms with Crippen LogP contribution in [0.5, 0.6) is 0 Å². The van der Waals surface area contributed by atoms with Gasteiger partial charge in [-0.2, -0.15) is 0 Å². The zero-order valence-corrected chi connectivity index (χ0v) is 5.86. The van der Waals surface area contributed by atoms with Crippen molar-refractivity contribution >= 4 is 17.5 Å². The van der Waals surface area contributed by atoms with Crippen LogP contribution in [0.4, 0.5) is 0 Å². The van der Waals surface area contributed by atoms with Gasteiger partial charge in [-0.25, -0.2) is 0 Å². The number of hydrogen-bond donors (Lipinski definition) is 1. The van der Waals surface area contributed by atoms with Crippen LogP contribution in [-0.4, -0.2) is 18.6 Å². The summed E-state index contributed by atoms with van der Waals surface area (Å²) in [5, 5.41) is 0. The monoisotopic (exact) mass is 151 g/mol. The van der Waals surface area contributed by atoms with E-state index in [2.05, 4.69) is 0 Å². The number of carbonyl (C=O) groups excluding carboxylic acids is 1. The predicted molar refractivity (Wildman–Crippen MR) is 35.1 cm³/mol. The van der Waals surface area contributed by atoms with Gasteiger partial charge in [0.15, 0.2) is 0 Å². The van der Waals surface area contributed by atoms with Crippen molar-refractivity contribution < 1.29 is 9.53 Å². The van der Waals surface area contributed by atoms with E-state index in [0.717, 1.165) is 0 Å². The molecule has 0 saturated heterocycles. The maximum absolute atomic E-state index is 10.1. The van der Waals surface area contributed by atoms with Gasteiger partial charge < -0.3 is 10.5 Å². The van der Waals surface area contributed by atoms with E-state index in [-0.39, 0.29) is 12.0 Å². The Labute approximate surface area is 59.1 Å². The number of amides is 1. The third-order valence-electron chi connectivity index (χ3n) is 0.789. The molecule has 54 valence electrons. The van der Waals surface area contributed by atoms with Gasteiger partial charge in [-0.3, -0.25) is 4.79 Å². The molecule has 0 radical (unpaired) electrons. The molecule has 2 N–H and O–H groups in total. The summed E-state index contributed by atoms with van der Waals surface area (Å²) >= 11 is 5.18. The van der Waals surface area contributed by atoms with Crippen molar-refractivity contribution in [2.45, 2.75) is 12.8 Å². The lowest BCUT2D eigenvalue weighted by atomic mass is 10.3. The van der Waals surface area contributed by atoms with Gasteiger partial charge in [-0.05, 0) is 6.42 Å². The van der Waals surface area contributed by atoms with Gasteiger partial charge in [-0.1, -0.05) is 11.6 Å². The van der Waals surface area contributed by atoms with E-state index in [1.165, 1.54) is 0 Å². The number of nitrogens with two attached hydrogens (primary N) is 1. The number of alkyl halides is 1. The van der Waals surface area contributed by atoms with Crippen LogP contribution in [0.2, 0.25) is 0 Å². The molecule has 0 aromatic rings. The van der Waals surface area contributed by atoms with E-state index < -0.39 is 0 Å². The Balaban J connectivity index is 2.83. The largest absolute Gasteiger partial charge is 0.370 e. The summed E-state index contributed by atoms with van der Waals surface area (Å²) in [6.45, 7) is 0.506. The molecule has 0 atom stereocenters. The van der Waals surface area contributed by atoms with Gasteiger partial charge in [0.25, 0.3) is 0 Å². The number of ether oxygens (including phenoxy) is 1. The van der Waals surface area contributed by atoms with Crippen LogP contribution in [0, 0.1) is 0 Å². The van der Waals surface area contributed by atoms with Gasteiger partial charge in [-0.15, -0.1) is 0 Å². The van der Waals surface area contributed by atoms with Crippen molar-refractivity contribution in [3.8, 4) is 0 Å². The summed E-state index contributed by atoms with van der Waals surface area (Å²) < 4.78 is 4.74. The highest BCUT2D eigenvalue weighted by Gasteiger charge is 1.92. The zero-order chi connectivity index (χ0) is 7.11. The van der Waals surface area contributed by atoms with Crippen LogP contribution in [0.15, 0.2) is 0 Å². The fourth-order valence-electron chi connectivity index (χ4n) is 0.403. The quantitative estimate of drug-likeness (QED) is 0.459. The number of rotatable bonds is 5. The maximum atomic E-state index is 10.1. The Morgan fingerprint density at radius 1 is 1.67 bits per heavy atom. The first-order valence-electron chi connectivity index (χ1n) is 2.69. The molecule has 0 aliphatic rings. The standard InChI is InChI=1S/C5H10ClNO2/c6-4-9-3-1-2-5(7)8/h1-4H2,(H2,7,8). The Bertz CT molecular complexity index is 87.0. The topological polar surface area (TPSA) is 52.3 Å². The number of hydrogen-bond acceptors (Lipinski definition) is 2. The summed E-state index contributed by atoms with van der Waals surface area (Å²) in [5.41, 5.74) is 4.85. The Hall–Kier alpha value is -0.280. The van der Waals surface area contributed by atoms with Crippen molar-refractivity contribution in [3.63, 3.8) is 0 Å². The summed E-state index contributed by atoms with van der Waals surface area (Å²) in [6, 6.07) is 0.179. The molecule has 0 fully saturated rings. The summed E-state index contributed by atoms with van der Waals surface area (Å²) in [7, 11) is 0. The lowest BCUT2D eigenvalue weighted by Crippen LogP contribution is -2.10. The highest BCUT2D eigenvalue weighted by Crippen LogP contribution is 1.89. The first-order valence-corrected chi connectivity index (χ1v) is 3.23. The molecule has 0 aromatic heterocycles. The van der Waals surface area contributed by atoms with E-state index in [4.69, 9.17) is 22.1 Å². The summed E-state index contributed by atoms with van der Waals surface area (Å²) in [5.74, 6) is -0.298. The average molecular weight is 152 g/mol. The van der Waals surface area contributed by atoms with E-state index in [1.54, 1.807) is 0 Å². The van der Waals surface area contributed by atoms with Gasteiger partial charge >= 0.3 is 0 Å². The molecule has 0 aliphatic heterocycles. The van der Waals surface area contributed by atoms with Crippen LogP contribution < -0.4 is 5.73 Å². The van der Waals surface area contributed by atoms with Gasteiger partial charge in [0, 0.05) is 13.0 Å². The van der Waals surface area contributed by atoms with Crippen molar-refractivity contribution in [3.05, 3.63) is 0 Å². The van der Waals surface area contributed by atoms with Crippen LogP contribution in [0.25, 0.3) is 0 Å². The maximum Gasteiger partial charge on any atom is 0.217 e. The molecule has 4 heteroatoms. The molecule has 0 bridgehead atoms. The van der Waals surface area contributed by atoms with Crippen molar-refractivity contribution in [1.82, 2.24) is 0 Å². The van der Waals surface area contributed by atoms with Crippen molar-refractivity contribution in [1.29, 1.82) is 0 Å². The SMILES string of the molecule is NC(=O)CCCOCCl. The van der Waals surface area contributed by atoms with Crippen LogP contribution in [0.1, 0.15) is 12.8 Å². The fourth-order valence-corrected chi connectivity index (χ4v) is 0.512. The van der Waals surface area contributed by atoms with Crippen molar-refractivity contribution in [2.24, 2.45) is 5.73 Å². The minimum Gasteiger partial charge on any atom is -0.370 e. The Kier molecular flexibility index (Phi) is 5.67. The Morgan fingerprint density at radius 3 is 2.78 bits per heavy atom. The normalized spacial score (nSPS) is 9.44. The minimum atomic E-state index is -0.298. The van der Waals surface area contributed by atoms with Gasteiger partial charge in [0.2, 0.25) is 5.91 Å². The molecule has 0 rings (SSSR count). The second kappa shape index (κ2) is 5.85. The molecule has 0 spiro atoms. The van der Waals surface area contributed by atoms with E-state index >= 15 is 0 Å². The third-order valence-corrected chi connectivity index (χ3v) is 0.943. The zero-order valence-electron chi connectivity index (χ0n) is 5.10. The lowest BCUT2D eigenvalue weighted by Gasteiger charge is -1.95. The second-order valence-electron chi connectivity index (χ2n) is 1.59. The third kappa shape index (κ3) is 7.72. The molecular formula is C5H10ClNO2. The predicted octanol–water partition coefficient (Wildman–Crippen LogP) is 0.465. The highest BCUT2D eigenvalue weighted by atomic mass is 35.5. The highest BCUT2D eigenvalue weighted by molar-refractivity contribution is 6.17. The molecule has 3 nitrogen and oxygen atoms in total. The smallest absolute Gasteiger partial charge is 0.217 e. The Morgan fingerprint density at radius 2 is 2.33 bits per heavy atom. The van der Waals surface area contributed by atoms with Crippen LogP contribution >= 0.6 is 11.6 Å². The first-order chi connectivity index (χ1) is 4.27. The van der Waals surface area contributed by atoms with E-state index in [9.17, 15) is 4.79 Å². The molecular weight excluding hydrogens is 142 g/mol. The molecule has 0 unspecified atom stereocenters. The minimum absolute atomic E-state index is 0.179. The summed E-state index contributed by atoms with van der Waals surface area (Å²) in [4.78, 5) is 10.1. The van der Waals surface area contributed by atoms with Crippen LogP contribution in [-0.2, 0) is 9.53 Å². The number of carbonyl (C=O) groups is 1. The lowest BCUT2D eigenvalue weighted by molar-refractivity contribution is -0.118. The number of halogens is 1. The molecule has 0 aromatic carbocycles.